The van der Waals surface area contributed by atoms with Crippen molar-refractivity contribution in [3.63, 3.8) is 0 Å². The highest BCUT2D eigenvalue weighted by molar-refractivity contribution is 7.08. The lowest BCUT2D eigenvalue weighted by atomic mass is 10.2. The van der Waals surface area contributed by atoms with Crippen LogP contribution in [0.4, 0.5) is 21.9 Å². The highest BCUT2D eigenvalue weighted by Crippen LogP contribution is 2.24. The number of nitrogens with zero attached hydrogens (tertiary/aromatic N) is 3. The molecule has 202 valence electrons. The predicted molar refractivity (Wildman–Crippen MR) is 155 cm³/mol. The van der Waals surface area contributed by atoms with Gasteiger partial charge in [-0.3, -0.25) is 9.78 Å². The Hall–Kier alpha value is -3.89. The SMILES string of the molecule is C=C(Nc1ccccc1NC(=O)c1ccc(CN(CCN(C)C)C(=O)Nc2ccsc2)cn1)OC(C)(C)C. The molecule has 3 rings (SSSR count). The Balaban J connectivity index is 1.66. The molecular formula is C28H36N6O3S. The monoisotopic (exact) mass is 536 g/mol. The van der Waals surface area contributed by atoms with E-state index in [0.29, 0.717) is 36.9 Å². The minimum Gasteiger partial charge on any atom is -0.474 e. The second-order valence-electron chi connectivity index (χ2n) is 9.98. The molecule has 9 nitrogen and oxygen atoms in total. The molecule has 38 heavy (non-hydrogen) atoms. The van der Waals surface area contributed by atoms with E-state index < -0.39 is 5.60 Å². The molecule has 0 saturated carbocycles. The van der Waals surface area contributed by atoms with Gasteiger partial charge in [0.1, 0.15) is 11.3 Å². The van der Waals surface area contributed by atoms with Crippen molar-refractivity contribution >= 4 is 40.3 Å². The number of para-hydroxylation sites is 2. The molecule has 3 N–H and O–H groups in total. The van der Waals surface area contributed by atoms with Crippen LogP contribution in [0.5, 0.6) is 0 Å². The molecule has 2 aromatic heterocycles. The van der Waals surface area contributed by atoms with E-state index in [2.05, 4.69) is 27.5 Å². The number of rotatable bonds is 11. The third kappa shape index (κ3) is 9.20. The third-order valence-corrected chi connectivity index (χ3v) is 5.87. The van der Waals surface area contributed by atoms with Crippen molar-refractivity contribution in [2.75, 3.05) is 43.1 Å². The van der Waals surface area contributed by atoms with E-state index in [4.69, 9.17) is 4.74 Å². The van der Waals surface area contributed by atoms with E-state index in [9.17, 15) is 9.59 Å². The van der Waals surface area contributed by atoms with Gasteiger partial charge >= 0.3 is 6.03 Å². The number of ether oxygens (including phenoxy) is 1. The van der Waals surface area contributed by atoms with Gasteiger partial charge in [-0.2, -0.15) is 11.3 Å². The normalized spacial score (nSPS) is 11.1. The van der Waals surface area contributed by atoms with Crippen molar-refractivity contribution in [3.05, 3.63) is 83.1 Å². The maximum Gasteiger partial charge on any atom is 0.322 e. The molecule has 1 aromatic carbocycles. The van der Waals surface area contributed by atoms with Crippen LogP contribution in [-0.4, -0.2) is 59.5 Å². The second-order valence-corrected chi connectivity index (χ2v) is 10.8. The summed E-state index contributed by atoms with van der Waals surface area (Å²) in [4.78, 5) is 33.9. The third-order valence-electron chi connectivity index (χ3n) is 5.19. The summed E-state index contributed by atoms with van der Waals surface area (Å²) in [7, 11) is 3.93. The minimum absolute atomic E-state index is 0.187. The van der Waals surface area contributed by atoms with Crippen molar-refractivity contribution in [3.8, 4) is 0 Å². The van der Waals surface area contributed by atoms with Crippen molar-refractivity contribution in [1.29, 1.82) is 0 Å². The van der Waals surface area contributed by atoms with E-state index >= 15 is 0 Å². The number of carbonyl (C=O) groups excluding carboxylic acids is 2. The average molecular weight is 537 g/mol. The Bertz CT molecular complexity index is 1220. The molecule has 0 atom stereocenters. The number of likely N-dealkylation sites (N-methyl/N-ethyl adjacent to an activating group) is 1. The fourth-order valence-corrected chi connectivity index (χ4v) is 4.00. The van der Waals surface area contributed by atoms with Gasteiger partial charge in [-0.1, -0.05) is 18.2 Å². The summed E-state index contributed by atoms with van der Waals surface area (Å²) >= 11 is 1.52. The maximum absolute atomic E-state index is 12.9. The number of nitrogens with one attached hydrogen (secondary N) is 3. The second kappa shape index (κ2) is 13.1. The molecule has 0 fully saturated rings. The van der Waals surface area contributed by atoms with E-state index in [1.807, 2.05) is 80.9 Å². The number of urea groups is 1. The van der Waals surface area contributed by atoms with Crippen molar-refractivity contribution in [2.24, 2.45) is 0 Å². The van der Waals surface area contributed by atoms with Crippen LogP contribution in [0.2, 0.25) is 0 Å². The molecule has 0 radical (unpaired) electrons. The summed E-state index contributed by atoms with van der Waals surface area (Å²) in [6, 6.07) is 12.4. The van der Waals surface area contributed by atoms with Gasteiger partial charge in [0.25, 0.3) is 5.91 Å². The predicted octanol–water partition coefficient (Wildman–Crippen LogP) is 5.69. The van der Waals surface area contributed by atoms with Crippen LogP contribution in [0, 0.1) is 0 Å². The smallest absolute Gasteiger partial charge is 0.322 e. The van der Waals surface area contributed by atoms with E-state index in [1.54, 1.807) is 23.2 Å². The first-order valence-electron chi connectivity index (χ1n) is 12.2. The molecule has 3 aromatic rings. The van der Waals surface area contributed by atoms with Gasteiger partial charge in [0, 0.05) is 31.2 Å². The summed E-state index contributed by atoms with van der Waals surface area (Å²) in [6.45, 7) is 11.3. The molecule has 2 heterocycles. The van der Waals surface area contributed by atoms with Crippen LogP contribution >= 0.6 is 11.3 Å². The van der Waals surface area contributed by atoms with Crippen LogP contribution in [0.15, 0.2) is 71.9 Å². The summed E-state index contributed by atoms with van der Waals surface area (Å²) in [6.07, 6.45) is 1.62. The molecule has 0 unspecified atom stereocenters. The number of hydrogen-bond acceptors (Lipinski definition) is 7. The lowest BCUT2D eigenvalue weighted by molar-refractivity contribution is 0.0565. The van der Waals surface area contributed by atoms with Crippen molar-refractivity contribution in [1.82, 2.24) is 14.8 Å². The number of aromatic nitrogens is 1. The van der Waals surface area contributed by atoms with Gasteiger partial charge in [-0.15, -0.1) is 0 Å². The number of hydrogen-bond donors (Lipinski definition) is 3. The van der Waals surface area contributed by atoms with E-state index in [-0.39, 0.29) is 17.6 Å². The minimum atomic E-state index is -0.402. The first-order valence-corrected chi connectivity index (χ1v) is 13.2. The summed E-state index contributed by atoms with van der Waals surface area (Å²) < 4.78 is 5.74. The Labute approximate surface area is 228 Å². The van der Waals surface area contributed by atoms with Gasteiger partial charge in [0.2, 0.25) is 0 Å². The Morgan fingerprint density at radius 3 is 2.29 bits per heavy atom. The van der Waals surface area contributed by atoms with Crippen LogP contribution < -0.4 is 16.0 Å². The maximum atomic E-state index is 12.9. The highest BCUT2D eigenvalue weighted by Gasteiger charge is 2.17. The molecule has 0 aliphatic heterocycles. The molecule has 10 heteroatoms. The Morgan fingerprint density at radius 2 is 1.71 bits per heavy atom. The number of carbonyl (C=O) groups is 2. The quantitative estimate of drug-likeness (QED) is 0.272. The summed E-state index contributed by atoms with van der Waals surface area (Å²) in [5.74, 6) is 0.0244. The lowest BCUT2D eigenvalue weighted by Crippen LogP contribution is -2.39. The summed E-state index contributed by atoms with van der Waals surface area (Å²) in [5.41, 5.74) is 2.67. The molecular weight excluding hydrogens is 500 g/mol. The fourth-order valence-electron chi connectivity index (χ4n) is 3.42. The number of amides is 3. The number of pyridine rings is 1. The molecule has 0 aliphatic carbocycles. The number of thiophene rings is 1. The first kappa shape index (κ1) is 28.7. The average Bonchev–Trinajstić information content (AvgIpc) is 3.35. The van der Waals surface area contributed by atoms with Gasteiger partial charge in [-0.25, -0.2) is 4.79 Å². The van der Waals surface area contributed by atoms with Crippen LogP contribution in [0.3, 0.4) is 0 Å². The van der Waals surface area contributed by atoms with E-state index in [1.165, 1.54) is 11.3 Å². The molecule has 0 aliphatic rings. The zero-order chi connectivity index (χ0) is 27.7. The van der Waals surface area contributed by atoms with Crippen LogP contribution in [0.1, 0.15) is 36.8 Å². The summed E-state index contributed by atoms with van der Waals surface area (Å²) in [5, 5.41) is 12.7. The Morgan fingerprint density at radius 1 is 1.00 bits per heavy atom. The van der Waals surface area contributed by atoms with Crippen LogP contribution in [-0.2, 0) is 11.3 Å². The largest absolute Gasteiger partial charge is 0.474 e. The van der Waals surface area contributed by atoms with Gasteiger partial charge in [0.05, 0.1) is 17.1 Å². The number of anilines is 3. The van der Waals surface area contributed by atoms with Gasteiger partial charge < -0.3 is 30.5 Å². The van der Waals surface area contributed by atoms with Crippen LogP contribution in [0.25, 0.3) is 0 Å². The standard InChI is InChI=1S/C28H36N6O3S/c1-20(37-28(2,3)4)30-23-9-7-8-10-24(23)32-26(35)25-12-11-21(17-29-25)18-34(15-14-33(5)6)27(36)31-22-13-16-38-19-22/h7-13,16-17,19,30H,1,14-15,18H2,2-6H3,(H,31,36)(H,32,35). The zero-order valence-electron chi connectivity index (χ0n) is 22.6. The molecule has 0 bridgehead atoms. The van der Waals surface area contributed by atoms with Gasteiger partial charge in [0.15, 0.2) is 5.88 Å². The van der Waals surface area contributed by atoms with E-state index in [0.717, 1.165) is 11.3 Å². The van der Waals surface area contributed by atoms with Crippen molar-refractivity contribution < 1.29 is 14.3 Å². The molecule has 0 spiro atoms. The molecule has 3 amide bonds. The first-order chi connectivity index (χ1) is 18.0. The number of benzene rings is 1. The zero-order valence-corrected chi connectivity index (χ0v) is 23.4. The fraction of sp³-hybridized carbons (Fsp3) is 0.321. The van der Waals surface area contributed by atoms with Gasteiger partial charge in [-0.05, 0) is 76.7 Å². The lowest BCUT2D eigenvalue weighted by Gasteiger charge is -2.24. The van der Waals surface area contributed by atoms with Crippen molar-refractivity contribution in [2.45, 2.75) is 32.9 Å². The topological polar surface area (TPSA) is 98.8 Å². The highest BCUT2D eigenvalue weighted by atomic mass is 32.1. The molecule has 0 saturated heterocycles. The Kier molecular flexibility index (Phi) is 9.86.